The fourth-order valence-corrected chi connectivity index (χ4v) is 1.37. The van der Waals surface area contributed by atoms with Gasteiger partial charge in [0, 0.05) is 18.7 Å². The van der Waals surface area contributed by atoms with Crippen LogP contribution in [0.25, 0.3) is 0 Å². The van der Waals surface area contributed by atoms with Crippen molar-refractivity contribution in [1.29, 1.82) is 0 Å². The molecule has 0 aliphatic heterocycles. The maximum atomic E-state index is 8.63. The second-order valence-corrected chi connectivity index (χ2v) is 3.30. The van der Waals surface area contributed by atoms with Crippen molar-refractivity contribution in [2.45, 2.75) is 26.2 Å². The van der Waals surface area contributed by atoms with E-state index < -0.39 is 0 Å². The van der Waals surface area contributed by atoms with Crippen molar-refractivity contribution in [2.24, 2.45) is 0 Å². The summed E-state index contributed by atoms with van der Waals surface area (Å²) in [7, 11) is 0. The molecule has 1 rings (SSSR count). The highest BCUT2D eigenvalue weighted by atomic mass is 16.2. The van der Waals surface area contributed by atoms with Gasteiger partial charge in [-0.2, -0.15) is 0 Å². The van der Waals surface area contributed by atoms with Crippen LogP contribution < -0.4 is 11.1 Å². The first-order valence-corrected chi connectivity index (χ1v) is 5.23. The first-order chi connectivity index (χ1) is 7.29. The summed E-state index contributed by atoms with van der Waals surface area (Å²) in [5, 5.41) is 11.8. The first kappa shape index (κ1) is 11.7. The van der Waals surface area contributed by atoms with Gasteiger partial charge in [0.2, 0.25) is 0 Å². The lowest BCUT2D eigenvalue weighted by atomic mass is 10.2. The van der Waals surface area contributed by atoms with Crippen LogP contribution >= 0.6 is 0 Å². The minimum atomic E-state index is 0.230. The lowest BCUT2D eigenvalue weighted by Gasteiger charge is -2.10. The number of unbranched alkanes of at least 4 members (excludes halogenated alkanes) is 1. The number of nitrogens with one attached hydrogen (secondary N) is 1. The normalized spacial score (nSPS) is 10.3. The Morgan fingerprint density at radius 3 is 2.87 bits per heavy atom. The standard InChI is InChI=1S/C10H18N4O/c1-2-8-9(11)13-7-14-10(8)12-5-3-4-6-15/h7,15H,2-6H2,1H3,(H3,11,12,13,14). The van der Waals surface area contributed by atoms with E-state index in [9.17, 15) is 0 Å². The minimum Gasteiger partial charge on any atom is -0.396 e. The van der Waals surface area contributed by atoms with Crippen LogP contribution in [0.2, 0.25) is 0 Å². The minimum absolute atomic E-state index is 0.230. The van der Waals surface area contributed by atoms with Crippen molar-refractivity contribution < 1.29 is 5.11 Å². The van der Waals surface area contributed by atoms with Crippen LogP contribution in [0, 0.1) is 0 Å². The molecule has 5 heteroatoms. The van der Waals surface area contributed by atoms with Crippen LogP contribution in [0.15, 0.2) is 6.33 Å². The average Bonchev–Trinajstić information content (AvgIpc) is 2.24. The molecule has 0 fully saturated rings. The number of nitrogen functional groups attached to an aromatic ring is 1. The predicted octanol–water partition coefficient (Wildman–Crippen LogP) is 0.806. The van der Waals surface area contributed by atoms with E-state index in [0.717, 1.165) is 37.2 Å². The van der Waals surface area contributed by atoms with Crippen molar-refractivity contribution in [3.05, 3.63) is 11.9 Å². The highest BCUT2D eigenvalue weighted by Crippen LogP contribution is 2.17. The summed E-state index contributed by atoms with van der Waals surface area (Å²) < 4.78 is 0. The zero-order valence-corrected chi connectivity index (χ0v) is 9.03. The van der Waals surface area contributed by atoms with E-state index in [1.165, 1.54) is 6.33 Å². The molecule has 0 spiro atoms. The number of anilines is 2. The van der Waals surface area contributed by atoms with E-state index >= 15 is 0 Å². The molecule has 0 aliphatic rings. The van der Waals surface area contributed by atoms with Crippen LogP contribution in [0.4, 0.5) is 11.6 Å². The van der Waals surface area contributed by atoms with Crippen LogP contribution in [0.1, 0.15) is 25.3 Å². The molecular weight excluding hydrogens is 192 g/mol. The van der Waals surface area contributed by atoms with Crippen molar-refractivity contribution in [3.63, 3.8) is 0 Å². The van der Waals surface area contributed by atoms with E-state index in [0.29, 0.717) is 5.82 Å². The number of hydrogen-bond acceptors (Lipinski definition) is 5. The number of nitrogens with two attached hydrogens (primary N) is 1. The molecule has 1 aromatic rings. The van der Waals surface area contributed by atoms with E-state index in [1.54, 1.807) is 0 Å². The molecule has 0 bridgehead atoms. The van der Waals surface area contributed by atoms with Gasteiger partial charge in [-0.05, 0) is 19.3 Å². The van der Waals surface area contributed by atoms with E-state index in [2.05, 4.69) is 15.3 Å². The van der Waals surface area contributed by atoms with E-state index in [1.807, 2.05) is 6.92 Å². The van der Waals surface area contributed by atoms with Gasteiger partial charge in [0.1, 0.15) is 18.0 Å². The van der Waals surface area contributed by atoms with Gasteiger partial charge in [-0.15, -0.1) is 0 Å². The number of rotatable bonds is 6. The lowest BCUT2D eigenvalue weighted by Crippen LogP contribution is -2.09. The smallest absolute Gasteiger partial charge is 0.134 e. The van der Waals surface area contributed by atoms with Crippen LogP contribution in [-0.4, -0.2) is 28.2 Å². The van der Waals surface area contributed by atoms with Gasteiger partial charge in [-0.1, -0.05) is 6.92 Å². The van der Waals surface area contributed by atoms with Gasteiger partial charge in [-0.3, -0.25) is 0 Å². The third-order valence-electron chi connectivity index (χ3n) is 2.21. The van der Waals surface area contributed by atoms with Crippen molar-refractivity contribution >= 4 is 11.6 Å². The Hall–Kier alpha value is -1.36. The molecule has 0 atom stereocenters. The zero-order chi connectivity index (χ0) is 11.1. The lowest BCUT2D eigenvalue weighted by molar-refractivity contribution is 0.286. The number of hydrogen-bond donors (Lipinski definition) is 3. The van der Waals surface area contributed by atoms with Crippen LogP contribution in [0.3, 0.4) is 0 Å². The molecule has 4 N–H and O–H groups in total. The summed E-state index contributed by atoms with van der Waals surface area (Å²) in [6, 6.07) is 0. The largest absolute Gasteiger partial charge is 0.396 e. The van der Waals surface area contributed by atoms with E-state index in [-0.39, 0.29) is 6.61 Å². The Morgan fingerprint density at radius 1 is 1.40 bits per heavy atom. The van der Waals surface area contributed by atoms with Gasteiger partial charge < -0.3 is 16.2 Å². The highest BCUT2D eigenvalue weighted by molar-refractivity contribution is 5.54. The van der Waals surface area contributed by atoms with Crippen molar-refractivity contribution in [1.82, 2.24) is 9.97 Å². The highest BCUT2D eigenvalue weighted by Gasteiger charge is 2.05. The Bertz CT molecular complexity index is 303. The molecule has 15 heavy (non-hydrogen) atoms. The SMILES string of the molecule is CCc1c(N)ncnc1NCCCCO. The van der Waals surface area contributed by atoms with Crippen molar-refractivity contribution in [3.8, 4) is 0 Å². The number of aliphatic hydroxyl groups is 1. The molecule has 0 unspecified atom stereocenters. The summed E-state index contributed by atoms with van der Waals surface area (Å²) in [6.45, 7) is 3.05. The van der Waals surface area contributed by atoms with Gasteiger partial charge >= 0.3 is 0 Å². The molecule has 1 aromatic heterocycles. The zero-order valence-electron chi connectivity index (χ0n) is 9.03. The second-order valence-electron chi connectivity index (χ2n) is 3.30. The summed E-state index contributed by atoms with van der Waals surface area (Å²) in [6.07, 6.45) is 4.00. The summed E-state index contributed by atoms with van der Waals surface area (Å²) in [5.74, 6) is 1.35. The first-order valence-electron chi connectivity index (χ1n) is 5.23. The molecule has 0 aliphatic carbocycles. The van der Waals surface area contributed by atoms with Crippen LogP contribution in [-0.2, 0) is 6.42 Å². The van der Waals surface area contributed by atoms with Crippen LogP contribution in [0.5, 0.6) is 0 Å². The fraction of sp³-hybridized carbons (Fsp3) is 0.600. The Balaban J connectivity index is 2.56. The maximum absolute atomic E-state index is 8.63. The third-order valence-corrected chi connectivity index (χ3v) is 2.21. The molecule has 1 heterocycles. The van der Waals surface area contributed by atoms with Gasteiger partial charge in [-0.25, -0.2) is 9.97 Å². The molecule has 84 valence electrons. The molecule has 5 nitrogen and oxygen atoms in total. The average molecular weight is 210 g/mol. The van der Waals surface area contributed by atoms with Crippen molar-refractivity contribution in [2.75, 3.05) is 24.2 Å². The van der Waals surface area contributed by atoms with Gasteiger partial charge in [0.05, 0.1) is 0 Å². The Labute approximate surface area is 89.7 Å². The second kappa shape index (κ2) is 6.19. The topological polar surface area (TPSA) is 84.1 Å². The summed E-state index contributed by atoms with van der Waals surface area (Å²) in [4.78, 5) is 8.08. The molecule has 0 aromatic carbocycles. The van der Waals surface area contributed by atoms with E-state index in [4.69, 9.17) is 10.8 Å². The monoisotopic (exact) mass is 210 g/mol. The number of aromatic nitrogens is 2. The molecule has 0 radical (unpaired) electrons. The molecule has 0 saturated carbocycles. The molecule has 0 amide bonds. The Morgan fingerprint density at radius 2 is 2.20 bits per heavy atom. The summed E-state index contributed by atoms with van der Waals surface area (Å²) in [5.41, 5.74) is 6.69. The van der Waals surface area contributed by atoms with Gasteiger partial charge in [0.25, 0.3) is 0 Å². The van der Waals surface area contributed by atoms with Gasteiger partial charge in [0.15, 0.2) is 0 Å². The third kappa shape index (κ3) is 3.36. The fourth-order valence-electron chi connectivity index (χ4n) is 1.37. The Kier molecular flexibility index (Phi) is 4.83. The molecular formula is C10H18N4O. The number of aliphatic hydroxyl groups excluding tert-OH is 1. The molecule has 0 saturated heterocycles. The number of nitrogens with zero attached hydrogens (tertiary/aromatic N) is 2. The predicted molar refractivity (Wildman–Crippen MR) is 60.6 cm³/mol. The maximum Gasteiger partial charge on any atom is 0.134 e. The quantitative estimate of drug-likeness (QED) is 0.605. The summed E-state index contributed by atoms with van der Waals surface area (Å²) >= 11 is 0.